The predicted octanol–water partition coefficient (Wildman–Crippen LogP) is 8.56. The standard InChI is InChI=1S/C37H37F2N3O4/c1-3-4-20-42-32(35(28-13-17-30(43-2)18-14-28)40-36(42)29-8-6-5-7-9-29)24-41(22-26-10-15-31(16-11-26)46-37(38)39)23-27-12-19-33-34(21-27)45-25-44-33/h5-19,21,37H,3-4,20,22-25H2,1-2H3. The van der Waals surface area contributed by atoms with Crippen molar-refractivity contribution in [3.63, 3.8) is 0 Å². The first kappa shape index (κ1) is 31.1. The second-order valence-corrected chi connectivity index (χ2v) is 11.2. The highest BCUT2D eigenvalue weighted by atomic mass is 19.3. The molecular formula is C37H37F2N3O4. The number of benzene rings is 4. The Hall–Kier alpha value is -4.89. The minimum atomic E-state index is -2.87. The lowest BCUT2D eigenvalue weighted by atomic mass is 10.1. The summed E-state index contributed by atoms with van der Waals surface area (Å²) in [5.41, 5.74) is 6.09. The van der Waals surface area contributed by atoms with Gasteiger partial charge in [-0.25, -0.2) is 4.98 Å². The van der Waals surface area contributed by atoms with Crippen molar-refractivity contribution in [2.24, 2.45) is 0 Å². The predicted molar refractivity (Wildman–Crippen MR) is 173 cm³/mol. The molecule has 2 heterocycles. The average molecular weight is 626 g/mol. The molecule has 0 radical (unpaired) electrons. The van der Waals surface area contributed by atoms with Crippen LogP contribution in [0.1, 0.15) is 36.6 Å². The minimum Gasteiger partial charge on any atom is -0.497 e. The molecule has 1 aromatic heterocycles. The molecule has 0 amide bonds. The molecule has 6 rings (SSSR count). The van der Waals surface area contributed by atoms with E-state index in [0.717, 1.165) is 76.1 Å². The number of halogens is 2. The van der Waals surface area contributed by atoms with E-state index in [0.29, 0.717) is 19.6 Å². The fourth-order valence-corrected chi connectivity index (χ4v) is 5.70. The summed E-state index contributed by atoms with van der Waals surface area (Å²) < 4.78 is 49.2. The Morgan fingerprint density at radius 1 is 0.804 bits per heavy atom. The van der Waals surface area contributed by atoms with Crippen LogP contribution >= 0.6 is 0 Å². The van der Waals surface area contributed by atoms with Crippen LogP contribution in [0, 0.1) is 0 Å². The van der Waals surface area contributed by atoms with E-state index in [1.54, 1.807) is 19.2 Å². The zero-order valence-electron chi connectivity index (χ0n) is 26.0. The van der Waals surface area contributed by atoms with Gasteiger partial charge in [0.05, 0.1) is 18.5 Å². The van der Waals surface area contributed by atoms with Crippen molar-refractivity contribution < 1.29 is 27.7 Å². The van der Waals surface area contributed by atoms with Gasteiger partial charge in [-0.1, -0.05) is 61.9 Å². The molecule has 0 fully saturated rings. The summed E-state index contributed by atoms with van der Waals surface area (Å²) in [6.07, 6.45) is 2.04. The average Bonchev–Trinajstić information content (AvgIpc) is 3.69. The zero-order chi connectivity index (χ0) is 31.9. The summed E-state index contributed by atoms with van der Waals surface area (Å²) in [6.45, 7) is 2.09. The molecule has 0 atom stereocenters. The van der Waals surface area contributed by atoms with E-state index >= 15 is 0 Å². The first-order valence-electron chi connectivity index (χ1n) is 15.4. The topological polar surface area (TPSA) is 58.0 Å². The van der Waals surface area contributed by atoms with Gasteiger partial charge in [-0.2, -0.15) is 8.78 Å². The molecule has 0 aliphatic carbocycles. The van der Waals surface area contributed by atoms with Gasteiger partial charge in [-0.3, -0.25) is 4.90 Å². The lowest BCUT2D eigenvalue weighted by molar-refractivity contribution is -0.0498. The number of alkyl halides is 2. The molecule has 0 unspecified atom stereocenters. The molecular weight excluding hydrogens is 588 g/mol. The molecule has 7 nitrogen and oxygen atoms in total. The molecule has 1 aliphatic heterocycles. The Bertz CT molecular complexity index is 1720. The number of imidazole rings is 1. The van der Waals surface area contributed by atoms with Crippen molar-refractivity contribution in [2.75, 3.05) is 13.9 Å². The quantitative estimate of drug-likeness (QED) is 0.123. The van der Waals surface area contributed by atoms with Crippen molar-refractivity contribution >= 4 is 0 Å². The molecule has 238 valence electrons. The van der Waals surface area contributed by atoms with Crippen LogP contribution in [0.3, 0.4) is 0 Å². The van der Waals surface area contributed by atoms with Crippen molar-refractivity contribution in [1.29, 1.82) is 0 Å². The second-order valence-electron chi connectivity index (χ2n) is 11.2. The number of unbranched alkanes of at least 4 members (excludes halogenated alkanes) is 1. The van der Waals surface area contributed by atoms with Gasteiger partial charge in [0.1, 0.15) is 17.3 Å². The van der Waals surface area contributed by atoms with Gasteiger partial charge in [0.2, 0.25) is 6.79 Å². The smallest absolute Gasteiger partial charge is 0.387 e. The third-order valence-corrected chi connectivity index (χ3v) is 7.97. The number of hydrogen-bond acceptors (Lipinski definition) is 6. The maximum absolute atomic E-state index is 12.8. The third-order valence-electron chi connectivity index (χ3n) is 7.97. The summed E-state index contributed by atoms with van der Waals surface area (Å²) in [4.78, 5) is 7.62. The Kier molecular flexibility index (Phi) is 9.79. The lowest BCUT2D eigenvalue weighted by Gasteiger charge is -2.25. The van der Waals surface area contributed by atoms with Crippen LogP contribution in [0.15, 0.2) is 97.1 Å². The number of nitrogens with zero attached hydrogens (tertiary/aromatic N) is 3. The molecule has 9 heteroatoms. The first-order valence-corrected chi connectivity index (χ1v) is 15.4. The minimum absolute atomic E-state index is 0.132. The van der Waals surface area contributed by atoms with Crippen LogP contribution in [-0.4, -0.2) is 35.0 Å². The first-order chi connectivity index (χ1) is 22.5. The monoisotopic (exact) mass is 625 g/mol. The number of fused-ring (bicyclic) bond motifs is 1. The SMILES string of the molecule is CCCCn1c(-c2ccccc2)nc(-c2ccc(OC)cc2)c1CN(Cc1ccc(OC(F)F)cc1)Cc1ccc2c(c1)OCO2. The molecule has 5 aromatic rings. The van der Waals surface area contributed by atoms with Gasteiger partial charge >= 0.3 is 6.61 Å². The van der Waals surface area contributed by atoms with Crippen molar-refractivity contribution in [1.82, 2.24) is 14.5 Å². The Labute approximate surface area is 267 Å². The summed E-state index contributed by atoms with van der Waals surface area (Å²) in [5.74, 6) is 3.29. The van der Waals surface area contributed by atoms with Crippen LogP contribution < -0.4 is 18.9 Å². The number of hydrogen-bond donors (Lipinski definition) is 0. The molecule has 0 bridgehead atoms. The number of aromatic nitrogens is 2. The summed E-state index contributed by atoms with van der Waals surface area (Å²) in [6, 6.07) is 31.1. The molecule has 1 aliphatic rings. The van der Waals surface area contributed by atoms with E-state index in [2.05, 4.69) is 33.3 Å². The highest BCUT2D eigenvalue weighted by Crippen LogP contribution is 2.35. The molecule has 0 spiro atoms. The van der Waals surface area contributed by atoms with E-state index in [4.69, 9.17) is 19.2 Å². The van der Waals surface area contributed by atoms with Crippen LogP contribution in [0.4, 0.5) is 8.78 Å². The van der Waals surface area contributed by atoms with E-state index < -0.39 is 6.61 Å². The molecule has 0 N–H and O–H groups in total. The van der Waals surface area contributed by atoms with Crippen LogP contribution in [-0.2, 0) is 26.2 Å². The number of rotatable bonds is 14. The van der Waals surface area contributed by atoms with Gasteiger partial charge in [-0.05, 0) is 66.1 Å². The molecule has 46 heavy (non-hydrogen) atoms. The van der Waals surface area contributed by atoms with Crippen LogP contribution in [0.25, 0.3) is 22.6 Å². The number of ether oxygens (including phenoxy) is 4. The van der Waals surface area contributed by atoms with Gasteiger partial charge < -0.3 is 23.5 Å². The number of methoxy groups -OCH3 is 1. The zero-order valence-corrected chi connectivity index (χ0v) is 26.0. The van der Waals surface area contributed by atoms with E-state index in [9.17, 15) is 8.78 Å². The third kappa shape index (κ3) is 7.32. The molecule has 0 saturated carbocycles. The largest absolute Gasteiger partial charge is 0.497 e. The fourth-order valence-electron chi connectivity index (χ4n) is 5.70. The van der Waals surface area contributed by atoms with Gasteiger partial charge in [0, 0.05) is 37.3 Å². The molecule has 0 saturated heterocycles. The Balaban J connectivity index is 1.42. The van der Waals surface area contributed by atoms with Gasteiger partial charge in [-0.15, -0.1) is 0 Å². The highest BCUT2D eigenvalue weighted by Gasteiger charge is 2.23. The molecule has 4 aromatic carbocycles. The van der Waals surface area contributed by atoms with E-state index in [-0.39, 0.29) is 12.5 Å². The van der Waals surface area contributed by atoms with Crippen LogP contribution in [0.5, 0.6) is 23.0 Å². The summed E-state index contributed by atoms with van der Waals surface area (Å²) in [5, 5.41) is 0. The lowest BCUT2D eigenvalue weighted by Crippen LogP contribution is -2.24. The maximum atomic E-state index is 12.8. The van der Waals surface area contributed by atoms with E-state index in [1.165, 1.54) is 0 Å². The van der Waals surface area contributed by atoms with Gasteiger partial charge in [0.15, 0.2) is 11.5 Å². The Morgan fingerprint density at radius 3 is 2.22 bits per heavy atom. The van der Waals surface area contributed by atoms with E-state index in [1.807, 2.05) is 72.8 Å². The highest BCUT2D eigenvalue weighted by molar-refractivity contribution is 5.69. The second kappa shape index (κ2) is 14.5. The van der Waals surface area contributed by atoms with Crippen molar-refractivity contribution in [2.45, 2.75) is 52.6 Å². The van der Waals surface area contributed by atoms with Crippen molar-refractivity contribution in [3.05, 3.63) is 114 Å². The fraction of sp³-hybridized carbons (Fsp3) is 0.270. The summed E-state index contributed by atoms with van der Waals surface area (Å²) >= 11 is 0. The normalized spacial score (nSPS) is 12.2. The van der Waals surface area contributed by atoms with Crippen LogP contribution in [0.2, 0.25) is 0 Å². The maximum Gasteiger partial charge on any atom is 0.387 e. The van der Waals surface area contributed by atoms with Crippen molar-refractivity contribution in [3.8, 4) is 45.6 Å². The van der Waals surface area contributed by atoms with Gasteiger partial charge in [0.25, 0.3) is 0 Å². The summed E-state index contributed by atoms with van der Waals surface area (Å²) in [7, 11) is 1.66. The Morgan fingerprint density at radius 2 is 1.50 bits per heavy atom.